The number of rotatable bonds is 3. The molecule has 0 saturated carbocycles. The molecule has 2 aromatic heterocycles. The fourth-order valence-corrected chi connectivity index (χ4v) is 3.49. The maximum Gasteiger partial charge on any atom is 0.180 e. The van der Waals surface area contributed by atoms with Crippen LogP contribution in [0, 0.1) is 0 Å². The van der Waals surface area contributed by atoms with E-state index in [-0.39, 0.29) is 0 Å². The molecule has 3 heterocycles. The largest absolute Gasteiger partial charge is 0.353 e. The highest BCUT2D eigenvalue weighted by atomic mass is 32.2. The van der Waals surface area contributed by atoms with Gasteiger partial charge in [0, 0.05) is 31.2 Å². The van der Waals surface area contributed by atoms with Crippen LogP contribution in [0.5, 0.6) is 0 Å². The Hall–Kier alpha value is -1.47. The Morgan fingerprint density at radius 2 is 2.50 bits per heavy atom. The van der Waals surface area contributed by atoms with E-state index in [1.807, 2.05) is 28.6 Å². The molecule has 1 unspecified atom stereocenters. The summed E-state index contributed by atoms with van der Waals surface area (Å²) < 4.78 is 1.94. The number of anilines is 2. The van der Waals surface area contributed by atoms with Crippen LogP contribution in [-0.4, -0.2) is 39.0 Å². The SMILES string of the molecule is CN(c1nc(NN)cn2ccnc12)C1CCSC1. The Kier molecular flexibility index (Phi) is 3.00. The van der Waals surface area contributed by atoms with Crippen LogP contribution in [0.4, 0.5) is 11.6 Å². The number of thioether (sulfide) groups is 1. The summed E-state index contributed by atoms with van der Waals surface area (Å²) in [4.78, 5) is 11.1. The number of hydrazine groups is 1. The van der Waals surface area contributed by atoms with Gasteiger partial charge in [-0.05, 0) is 12.2 Å². The van der Waals surface area contributed by atoms with E-state index >= 15 is 0 Å². The molecule has 1 aliphatic heterocycles. The van der Waals surface area contributed by atoms with Crippen LogP contribution in [0.3, 0.4) is 0 Å². The lowest BCUT2D eigenvalue weighted by Crippen LogP contribution is -2.32. The molecule has 18 heavy (non-hydrogen) atoms. The molecule has 0 aromatic carbocycles. The van der Waals surface area contributed by atoms with Crippen molar-refractivity contribution < 1.29 is 0 Å². The molecule has 7 heteroatoms. The molecule has 0 spiro atoms. The van der Waals surface area contributed by atoms with Crippen molar-refractivity contribution in [1.29, 1.82) is 0 Å². The van der Waals surface area contributed by atoms with Crippen LogP contribution >= 0.6 is 11.8 Å². The van der Waals surface area contributed by atoms with E-state index in [0.29, 0.717) is 11.9 Å². The second kappa shape index (κ2) is 4.66. The van der Waals surface area contributed by atoms with Gasteiger partial charge in [0.2, 0.25) is 0 Å². The van der Waals surface area contributed by atoms with Gasteiger partial charge < -0.3 is 14.7 Å². The summed E-state index contributed by atoms with van der Waals surface area (Å²) >= 11 is 1.99. The third-order valence-electron chi connectivity index (χ3n) is 3.29. The Morgan fingerprint density at radius 3 is 3.22 bits per heavy atom. The van der Waals surface area contributed by atoms with Gasteiger partial charge in [0.05, 0.1) is 6.20 Å². The van der Waals surface area contributed by atoms with Crippen LogP contribution in [0.15, 0.2) is 18.6 Å². The van der Waals surface area contributed by atoms with Crippen LogP contribution in [0.2, 0.25) is 0 Å². The van der Waals surface area contributed by atoms with Gasteiger partial charge >= 0.3 is 0 Å². The van der Waals surface area contributed by atoms with Crippen LogP contribution in [-0.2, 0) is 0 Å². The third-order valence-corrected chi connectivity index (χ3v) is 4.44. The predicted molar refractivity (Wildman–Crippen MR) is 74.9 cm³/mol. The van der Waals surface area contributed by atoms with Crippen LogP contribution in [0.1, 0.15) is 6.42 Å². The average molecular weight is 264 g/mol. The summed E-state index contributed by atoms with van der Waals surface area (Å²) in [7, 11) is 2.08. The van der Waals surface area contributed by atoms with Crippen molar-refractivity contribution in [3.8, 4) is 0 Å². The predicted octanol–water partition coefficient (Wildman–Crippen LogP) is 0.957. The Balaban J connectivity index is 2.05. The van der Waals surface area contributed by atoms with Gasteiger partial charge in [0.15, 0.2) is 17.3 Å². The first-order chi connectivity index (χ1) is 8.79. The van der Waals surface area contributed by atoms with E-state index in [1.54, 1.807) is 6.20 Å². The zero-order valence-corrected chi connectivity index (χ0v) is 11.0. The Bertz CT molecular complexity index is 547. The number of hydrogen-bond donors (Lipinski definition) is 2. The molecule has 0 bridgehead atoms. The van der Waals surface area contributed by atoms with E-state index < -0.39 is 0 Å². The highest BCUT2D eigenvalue weighted by Crippen LogP contribution is 2.27. The maximum atomic E-state index is 5.46. The first kappa shape index (κ1) is 11.6. The highest BCUT2D eigenvalue weighted by Gasteiger charge is 2.23. The average Bonchev–Trinajstić information content (AvgIpc) is 3.07. The topological polar surface area (TPSA) is 71.5 Å². The third kappa shape index (κ3) is 1.89. The fraction of sp³-hybridized carbons (Fsp3) is 0.455. The summed E-state index contributed by atoms with van der Waals surface area (Å²) in [5, 5.41) is 0. The van der Waals surface area contributed by atoms with E-state index in [1.165, 1.54) is 12.2 Å². The maximum absolute atomic E-state index is 5.46. The molecular formula is C11H16N6S. The number of nitrogen functional groups attached to an aromatic ring is 1. The first-order valence-electron chi connectivity index (χ1n) is 5.90. The molecule has 6 nitrogen and oxygen atoms in total. The zero-order chi connectivity index (χ0) is 12.5. The van der Waals surface area contributed by atoms with Gasteiger partial charge in [-0.15, -0.1) is 0 Å². The van der Waals surface area contributed by atoms with Gasteiger partial charge in [0.25, 0.3) is 0 Å². The Labute approximate surface area is 110 Å². The number of aromatic nitrogens is 3. The van der Waals surface area contributed by atoms with Crippen molar-refractivity contribution in [2.75, 3.05) is 28.9 Å². The first-order valence-corrected chi connectivity index (χ1v) is 7.06. The van der Waals surface area contributed by atoms with Gasteiger partial charge in [-0.1, -0.05) is 0 Å². The van der Waals surface area contributed by atoms with Crippen molar-refractivity contribution >= 4 is 29.0 Å². The normalized spacial score (nSPS) is 19.3. The molecule has 1 saturated heterocycles. The lowest BCUT2D eigenvalue weighted by Gasteiger charge is -2.25. The van der Waals surface area contributed by atoms with Crippen molar-refractivity contribution in [3.05, 3.63) is 18.6 Å². The molecule has 0 aliphatic carbocycles. The molecule has 3 N–H and O–H groups in total. The monoisotopic (exact) mass is 264 g/mol. The number of nitrogens with one attached hydrogen (secondary N) is 1. The number of fused-ring (bicyclic) bond motifs is 1. The number of nitrogens with zero attached hydrogens (tertiary/aromatic N) is 4. The van der Waals surface area contributed by atoms with E-state index in [4.69, 9.17) is 5.84 Å². The standard InChI is InChI=1S/C11H16N6S/c1-16(8-2-5-18-7-8)11-10-13-3-4-17(10)6-9(14-11)15-12/h3-4,6,8,15H,2,5,7,12H2,1H3. The minimum Gasteiger partial charge on any atom is -0.353 e. The van der Waals surface area contributed by atoms with Gasteiger partial charge in [-0.3, -0.25) is 0 Å². The number of nitrogens with two attached hydrogens (primary N) is 1. The van der Waals surface area contributed by atoms with Crippen molar-refractivity contribution in [2.45, 2.75) is 12.5 Å². The molecule has 3 rings (SSSR count). The lowest BCUT2D eigenvalue weighted by atomic mass is 10.2. The van der Waals surface area contributed by atoms with Gasteiger partial charge in [-0.2, -0.15) is 11.8 Å². The summed E-state index contributed by atoms with van der Waals surface area (Å²) in [6, 6.07) is 0.524. The Morgan fingerprint density at radius 1 is 1.61 bits per heavy atom. The van der Waals surface area contributed by atoms with Crippen LogP contribution < -0.4 is 16.2 Å². The molecule has 1 fully saturated rings. The van der Waals surface area contributed by atoms with Crippen molar-refractivity contribution in [1.82, 2.24) is 14.4 Å². The number of imidazole rings is 1. The fourth-order valence-electron chi connectivity index (χ4n) is 2.22. The van der Waals surface area contributed by atoms with Crippen LogP contribution in [0.25, 0.3) is 5.65 Å². The molecule has 96 valence electrons. The minimum absolute atomic E-state index is 0.524. The quantitative estimate of drug-likeness (QED) is 0.635. The van der Waals surface area contributed by atoms with Crippen molar-refractivity contribution in [3.63, 3.8) is 0 Å². The summed E-state index contributed by atoms with van der Waals surface area (Å²) in [6.45, 7) is 0. The van der Waals surface area contributed by atoms with Gasteiger partial charge in [0.1, 0.15) is 0 Å². The molecular weight excluding hydrogens is 248 g/mol. The zero-order valence-electron chi connectivity index (χ0n) is 10.2. The summed E-state index contributed by atoms with van der Waals surface area (Å²) in [5.41, 5.74) is 3.47. The van der Waals surface area contributed by atoms with E-state index in [2.05, 4.69) is 27.3 Å². The summed E-state index contributed by atoms with van der Waals surface area (Å²) in [5.74, 6) is 9.35. The molecule has 1 aliphatic rings. The second-order valence-corrected chi connectivity index (χ2v) is 5.53. The van der Waals surface area contributed by atoms with Gasteiger partial charge in [-0.25, -0.2) is 15.8 Å². The van der Waals surface area contributed by atoms with E-state index in [0.717, 1.165) is 17.2 Å². The summed E-state index contributed by atoms with van der Waals surface area (Å²) in [6.07, 6.45) is 6.70. The van der Waals surface area contributed by atoms with Crippen molar-refractivity contribution in [2.24, 2.45) is 5.84 Å². The molecule has 0 amide bonds. The number of hydrogen-bond acceptors (Lipinski definition) is 6. The molecule has 2 aromatic rings. The second-order valence-electron chi connectivity index (χ2n) is 4.38. The molecule has 0 radical (unpaired) electrons. The van der Waals surface area contributed by atoms with E-state index in [9.17, 15) is 0 Å². The molecule has 1 atom stereocenters. The lowest BCUT2D eigenvalue weighted by molar-refractivity contribution is 0.692. The highest BCUT2D eigenvalue weighted by molar-refractivity contribution is 7.99. The minimum atomic E-state index is 0.524. The smallest absolute Gasteiger partial charge is 0.180 e.